The van der Waals surface area contributed by atoms with Gasteiger partial charge in [0.2, 0.25) is 0 Å². The van der Waals surface area contributed by atoms with E-state index in [2.05, 4.69) is 24.1 Å². The second-order valence-electron chi connectivity index (χ2n) is 5.19. The lowest BCUT2D eigenvalue weighted by Crippen LogP contribution is -2.25. The van der Waals surface area contributed by atoms with E-state index in [-0.39, 0.29) is 22.9 Å². The number of pyridine rings is 1. The van der Waals surface area contributed by atoms with E-state index in [9.17, 15) is 9.59 Å². The van der Waals surface area contributed by atoms with Crippen LogP contribution >= 0.6 is 11.3 Å². The van der Waals surface area contributed by atoms with Crippen LogP contribution in [-0.2, 0) is 0 Å². The summed E-state index contributed by atoms with van der Waals surface area (Å²) in [6.07, 6.45) is 3.40. The summed E-state index contributed by atoms with van der Waals surface area (Å²) in [7, 11) is 0. The van der Waals surface area contributed by atoms with Gasteiger partial charge in [-0.05, 0) is 25.0 Å². The number of aromatic nitrogens is 1. The third-order valence-corrected chi connectivity index (χ3v) is 4.63. The minimum absolute atomic E-state index is 0.0732. The molecule has 0 aromatic carbocycles. The van der Waals surface area contributed by atoms with Gasteiger partial charge in [-0.15, -0.1) is 11.3 Å². The molecular weight excluding hydrogens is 312 g/mol. The predicted molar refractivity (Wildman–Crippen MR) is 93.8 cm³/mol. The van der Waals surface area contributed by atoms with Gasteiger partial charge in [-0.1, -0.05) is 13.8 Å². The van der Waals surface area contributed by atoms with Crippen LogP contribution in [0.2, 0.25) is 0 Å². The molecule has 23 heavy (non-hydrogen) atoms. The number of primary amides is 1. The quantitative estimate of drug-likeness (QED) is 0.584. The number of carbonyl (C=O) groups is 1. The molecule has 0 fully saturated rings. The third-order valence-electron chi connectivity index (χ3n) is 3.69. The molecule has 0 spiro atoms. The first kappa shape index (κ1) is 17.0. The molecule has 0 aliphatic rings. The van der Waals surface area contributed by atoms with Crippen molar-refractivity contribution in [2.75, 3.05) is 5.32 Å². The van der Waals surface area contributed by atoms with Crippen molar-refractivity contribution in [3.05, 3.63) is 50.1 Å². The molecule has 2 rings (SSSR count). The highest BCUT2D eigenvalue weighted by atomic mass is 32.1. The zero-order valence-corrected chi connectivity index (χ0v) is 13.9. The number of carbonyl (C=O) groups excluding carboxylic acids is 1. The summed E-state index contributed by atoms with van der Waals surface area (Å²) in [6.45, 7) is 4.13. The van der Waals surface area contributed by atoms with Crippen molar-refractivity contribution >= 4 is 28.6 Å². The lowest BCUT2D eigenvalue weighted by molar-refractivity contribution is 0.100. The maximum Gasteiger partial charge on any atom is 0.259 e. The molecule has 0 atom stereocenters. The molecule has 2 aromatic heterocycles. The fraction of sp³-hybridized carbons (Fsp3) is 0.312. The average molecular weight is 332 g/mol. The number of amides is 1. The van der Waals surface area contributed by atoms with Gasteiger partial charge in [0.15, 0.2) is 0 Å². The Morgan fingerprint density at radius 3 is 2.70 bits per heavy atom. The van der Waals surface area contributed by atoms with Crippen LogP contribution in [0, 0.1) is 5.41 Å². The van der Waals surface area contributed by atoms with Gasteiger partial charge in [-0.3, -0.25) is 15.0 Å². The molecule has 2 aromatic rings. The summed E-state index contributed by atoms with van der Waals surface area (Å²) in [5.41, 5.74) is 6.39. The molecule has 0 aliphatic carbocycles. The molecule has 0 saturated heterocycles. The highest BCUT2D eigenvalue weighted by Gasteiger charge is 2.18. The van der Waals surface area contributed by atoms with Crippen LogP contribution in [-0.4, -0.2) is 22.6 Å². The van der Waals surface area contributed by atoms with Crippen LogP contribution < -0.4 is 16.6 Å². The van der Waals surface area contributed by atoms with E-state index in [0.717, 1.165) is 12.8 Å². The summed E-state index contributed by atoms with van der Waals surface area (Å²) in [4.78, 5) is 26.4. The second kappa shape index (κ2) is 7.23. The summed E-state index contributed by atoms with van der Waals surface area (Å²) in [5, 5.41) is 13.3. The van der Waals surface area contributed by atoms with Gasteiger partial charge in [0, 0.05) is 23.2 Å². The van der Waals surface area contributed by atoms with Crippen LogP contribution in [0.15, 0.2) is 28.5 Å². The van der Waals surface area contributed by atoms with E-state index in [0.29, 0.717) is 16.1 Å². The van der Waals surface area contributed by atoms with Gasteiger partial charge in [0.25, 0.3) is 11.5 Å². The molecule has 0 bridgehead atoms. The number of nitrogens with one attached hydrogen (secondary N) is 3. The predicted octanol–water partition coefficient (Wildman–Crippen LogP) is 2.55. The van der Waals surface area contributed by atoms with Gasteiger partial charge in [0.1, 0.15) is 0 Å². The minimum Gasteiger partial charge on any atom is -0.382 e. The Hall–Kier alpha value is -2.41. The number of aromatic amines is 1. The molecule has 6 nitrogen and oxygen atoms in total. The fourth-order valence-corrected chi connectivity index (χ4v) is 3.05. The average Bonchev–Trinajstić information content (AvgIpc) is 3.02. The van der Waals surface area contributed by atoms with Crippen molar-refractivity contribution in [1.82, 2.24) is 4.98 Å². The van der Waals surface area contributed by atoms with E-state index in [1.165, 1.54) is 11.3 Å². The maximum atomic E-state index is 12.2. The van der Waals surface area contributed by atoms with Crippen molar-refractivity contribution in [2.24, 2.45) is 5.73 Å². The lowest BCUT2D eigenvalue weighted by Gasteiger charge is -2.18. The van der Waals surface area contributed by atoms with E-state index < -0.39 is 5.91 Å². The van der Waals surface area contributed by atoms with Gasteiger partial charge in [0.05, 0.1) is 21.8 Å². The molecule has 0 aliphatic heterocycles. The molecule has 122 valence electrons. The van der Waals surface area contributed by atoms with Gasteiger partial charge in [-0.2, -0.15) is 0 Å². The van der Waals surface area contributed by atoms with E-state index in [1.807, 2.05) is 0 Å². The Morgan fingerprint density at radius 2 is 2.13 bits per heavy atom. The monoisotopic (exact) mass is 332 g/mol. The SMILES string of the molecule is CCC(CC)Nc1cc[nH]c(=O)c1C(=N)c1csc(C(N)=O)c1. The van der Waals surface area contributed by atoms with Gasteiger partial charge < -0.3 is 16.0 Å². The first-order valence-corrected chi connectivity index (χ1v) is 8.31. The molecule has 1 amide bonds. The molecule has 0 saturated carbocycles. The molecule has 0 radical (unpaired) electrons. The Bertz CT molecular complexity index is 774. The normalized spacial score (nSPS) is 10.7. The first-order chi connectivity index (χ1) is 11.0. The van der Waals surface area contributed by atoms with E-state index >= 15 is 0 Å². The number of thiophene rings is 1. The van der Waals surface area contributed by atoms with Crippen LogP contribution in [0.25, 0.3) is 0 Å². The maximum absolute atomic E-state index is 12.2. The topological polar surface area (TPSA) is 112 Å². The zero-order chi connectivity index (χ0) is 17.0. The molecule has 5 N–H and O–H groups in total. The van der Waals surface area contributed by atoms with Crippen molar-refractivity contribution in [1.29, 1.82) is 5.41 Å². The molecule has 2 heterocycles. The number of hydrogen-bond acceptors (Lipinski definition) is 5. The standard InChI is InChI=1S/C16H20N4O2S/c1-3-10(4-2)20-11-5-6-19-16(22)13(11)14(17)9-7-12(15(18)21)23-8-9/h5-8,10,17H,3-4H2,1-2H3,(H2,18,21)(H2,19,20,22). The number of hydrogen-bond donors (Lipinski definition) is 4. The van der Waals surface area contributed by atoms with Gasteiger partial charge in [-0.25, -0.2) is 0 Å². The Morgan fingerprint density at radius 1 is 1.43 bits per heavy atom. The van der Waals surface area contributed by atoms with Crippen LogP contribution in [0.3, 0.4) is 0 Å². The van der Waals surface area contributed by atoms with Crippen LogP contribution in [0.5, 0.6) is 0 Å². The van der Waals surface area contributed by atoms with Crippen molar-refractivity contribution in [3.8, 4) is 0 Å². The summed E-state index contributed by atoms with van der Waals surface area (Å²) < 4.78 is 0. The minimum atomic E-state index is -0.536. The highest BCUT2D eigenvalue weighted by molar-refractivity contribution is 7.12. The summed E-state index contributed by atoms with van der Waals surface area (Å²) in [5.74, 6) is -0.536. The van der Waals surface area contributed by atoms with Crippen LogP contribution in [0.4, 0.5) is 5.69 Å². The van der Waals surface area contributed by atoms with Crippen molar-refractivity contribution < 1.29 is 4.79 Å². The third kappa shape index (κ3) is 3.68. The Kier molecular flexibility index (Phi) is 5.33. The largest absolute Gasteiger partial charge is 0.382 e. The second-order valence-corrected chi connectivity index (χ2v) is 6.10. The zero-order valence-electron chi connectivity index (χ0n) is 13.1. The molecular formula is C16H20N4O2S. The van der Waals surface area contributed by atoms with Crippen LogP contribution in [0.1, 0.15) is 47.5 Å². The van der Waals surface area contributed by atoms with E-state index in [1.54, 1.807) is 23.7 Å². The molecule has 0 unspecified atom stereocenters. The highest BCUT2D eigenvalue weighted by Crippen LogP contribution is 2.21. The summed E-state index contributed by atoms with van der Waals surface area (Å²) >= 11 is 1.17. The smallest absolute Gasteiger partial charge is 0.259 e. The number of rotatable bonds is 7. The van der Waals surface area contributed by atoms with Gasteiger partial charge >= 0.3 is 0 Å². The summed E-state index contributed by atoms with van der Waals surface area (Å²) in [6, 6.07) is 3.53. The number of nitrogens with two attached hydrogens (primary N) is 1. The van der Waals surface area contributed by atoms with Crippen molar-refractivity contribution in [3.63, 3.8) is 0 Å². The van der Waals surface area contributed by atoms with E-state index in [4.69, 9.17) is 11.1 Å². The number of H-pyrrole nitrogens is 1. The van der Waals surface area contributed by atoms with Crippen molar-refractivity contribution in [2.45, 2.75) is 32.7 Å². The fourth-order valence-electron chi connectivity index (χ4n) is 2.30. The first-order valence-electron chi connectivity index (χ1n) is 7.43. The molecule has 7 heteroatoms. The lowest BCUT2D eigenvalue weighted by atomic mass is 10.0. The Balaban J connectivity index is 2.42. The Labute approximate surface area is 138 Å². The number of anilines is 1.